The fourth-order valence-electron chi connectivity index (χ4n) is 0.506. The number of hydrogen-bond donors (Lipinski definition) is 0. The molecule has 2 heterocycles. The lowest BCUT2D eigenvalue weighted by atomic mass is 11.4. The fraction of sp³-hybridized carbons (Fsp3) is 0. The number of aromatic nitrogens is 8. The first-order valence-electron chi connectivity index (χ1n) is 3.01. The van der Waals surface area contributed by atoms with Gasteiger partial charge < -0.3 is 0 Å². The van der Waals surface area contributed by atoms with Crippen molar-refractivity contribution in [2.45, 2.75) is 10.3 Å². The maximum absolute atomic E-state index is 5.57. The molecule has 8 nitrogen and oxygen atoms in total. The van der Waals surface area contributed by atoms with Crippen LogP contribution in [0.1, 0.15) is 0 Å². The van der Waals surface area contributed by atoms with Crippen LogP contribution in [0.4, 0.5) is 0 Å². The Labute approximate surface area is 94.9 Å². The van der Waals surface area contributed by atoms with Gasteiger partial charge in [-0.3, -0.25) is 0 Å². The lowest BCUT2D eigenvalue weighted by Gasteiger charge is -1.92. The van der Waals surface area contributed by atoms with Crippen LogP contribution in [0.25, 0.3) is 0 Å². The standard InChI is InChI=1S/C2Cl2N8S2/c3-11-1(5-7-9-11)13-14-2-6-8-10-12(2)4. The van der Waals surface area contributed by atoms with Gasteiger partial charge in [0.1, 0.15) is 0 Å². The zero-order valence-corrected chi connectivity index (χ0v) is 9.29. The Morgan fingerprint density at radius 2 is 1.29 bits per heavy atom. The van der Waals surface area contributed by atoms with E-state index in [2.05, 4.69) is 31.1 Å². The minimum Gasteiger partial charge on any atom is -0.124 e. The van der Waals surface area contributed by atoms with Crippen molar-refractivity contribution in [1.82, 2.24) is 39.5 Å². The van der Waals surface area contributed by atoms with E-state index in [0.717, 1.165) is 8.40 Å². The Kier molecular flexibility index (Phi) is 3.05. The van der Waals surface area contributed by atoms with Gasteiger partial charge in [0.05, 0.1) is 0 Å². The second-order valence-electron chi connectivity index (χ2n) is 1.81. The number of nitrogens with zero attached hydrogens (tertiary/aromatic N) is 8. The van der Waals surface area contributed by atoms with Crippen LogP contribution in [0.5, 0.6) is 0 Å². The van der Waals surface area contributed by atoms with E-state index in [-0.39, 0.29) is 0 Å². The molecule has 0 radical (unpaired) electrons. The normalized spacial score (nSPS) is 10.7. The zero-order chi connectivity index (χ0) is 9.97. The van der Waals surface area contributed by atoms with Gasteiger partial charge in [0.2, 0.25) is 10.3 Å². The molecule has 0 aliphatic rings. The van der Waals surface area contributed by atoms with Gasteiger partial charge in [-0.15, -0.1) is 8.40 Å². The summed E-state index contributed by atoms with van der Waals surface area (Å²) >= 11 is 11.1. The molecule has 0 amide bonds. The second-order valence-corrected chi connectivity index (χ2v) is 4.51. The Morgan fingerprint density at radius 1 is 0.857 bits per heavy atom. The van der Waals surface area contributed by atoms with Crippen molar-refractivity contribution >= 4 is 45.1 Å². The average Bonchev–Trinajstić information content (AvgIpc) is 2.72. The summed E-state index contributed by atoms with van der Waals surface area (Å²) in [7, 11) is 2.38. The molecule has 0 fully saturated rings. The lowest BCUT2D eigenvalue weighted by Crippen LogP contribution is -1.86. The molecule has 0 aromatic carbocycles. The summed E-state index contributed by atoms with van der Waals surface area (Å²) in [6.45, 7) is 0. The molecule has 0 saturated carbocycles. The fourth-order valence-corrected chi connectivity index (χ4v) is 2.64. The van der Waals surface area contributed by atoms with E-state index in [1.165, 1.54) is 21.6 Å². The van der Waals surface area contributed by atoms with Crippen LogP contribution in [-0.2, 0) is 0 Å². The topological polar surface area (TPSA) is 87.2 Å². The van der Waals surface area contributed by atoms with E-state index in [1.807, 2.05) is 0 Å². The Bertz CT molecular complexity index is 384. The summed E-state index contributed by atoms with van der Waals surface area (Å²) < 4.78 is 2.03. The Hall–Kier alpha value is -0.580. The molecular formula is C2Cl2N8S2. The molecule has 0 atom stereocenters. The smallest absolute Gasteiger partial charge is 0.124 e. The van der Waals surface area contributed by atoms with Crippen LogP contribution < -0.4 is 0 Å². The van der Waals surface area contributed by atoms with Crippen molar-refractivity contribution in [2.75, 3.05) is 0 Å². The zero-order valence-electron chi connectivity index (χ0n) is 6.15. The van der Waals surface area contributed by atoms with Crippen LogP contribution in [0, 0.1) is 0 Å². The highest BCUT2D eigenvalue weighted by Gasteiger charge is 2.10. The molecule has 0 aliphatic heterocycles. The predicted molar refractivity (Wildman–Crippen MR) is 49.8 cm³/mol. The molecule has 0 unspecified atom stereocenters. The minimum atomic E-state index is 0.413. The van der Waals surface area contributed by atoms with Gasteiger partial charge in [0, 0.05) is 23.6 Å². The van der Waals surface area contributed by atoms with Gasteiger partial charge in [-0.2, -0.15) is 0 Å². The maximum Gasteiger partial charge on any atom is 0.236 e. The quantitative estimate of drug-likeness (QED) is 0.744. The first kappa shape index (κ1) is 9.96. The summed E-state index contributed by atoms with van der Waals surface area (Å²) in [4.78, 5) is 0. The molecule has 0 spiro atoms. The minimum absolute atomic E-state index is 0.413. The van der Waals surface area contributed by atoms with E-state index < -0.39 is 0 Å². The summed E-state index contributed by atoms with van der Waals surface area (Å²) in [6.07, 6.45) is 0. The van der Waals surface area contributed by atoms with Crippen molar-refractivity contribution in [2.24, 2.45) is 0 Å². The second kappa shape index (κ2) is 4.29. The Morgan fingerprint density at radius 3 is 1.57 bits per heavy atom. The molecule has 2 rings (SSSR count). The van der Waals surface area contributed by atoms with Crippen LogP contribution in [-0.4, -0.2) is 39.5 Å². The molecule has 2 aromatic heterocycles. The summed E-state index contributed by atoms with van der Waals surface area (Å²) in [5.41, 5.74) is 0. The summed E-state index contributed by atoms with van der Waals surface area (Å²) in [5.74, 6) is 0. The number of hydrogen-bond acceptors (Lipinski definition) is 8. The highest BCUT2D eigenvalue weighted by molar-refractivity contribution is 8.76. The largest absolute Gasteiger partial charge is 0.236 e. The van der Waals surface area contributed by atoms with E-state index >= 15 is 0 Å². The van der Waals surface area contributed by atoms with Gasteiger partial charge in [-0.05, 0) is 42.4 Å². The summed E-state index contributed by atoms with van der Waals surface area (Å²) in [5, 5.41) is 21.7. The van der Waals surface area contributed by atoms with Crippen molar-refractivity contribution in [3.05, 3.63) is 0 Å². The number of rotatable bonds is 3. The molecule has 2 aromatic rings. The van der Waals surface area contributed by atoms with Gasteiger partial charge in [-0.1, -0.05) is 10.2 Å². The van der Waals surface area contributed by atoms with E-state index in [9.17, 15) is 0 Å². The van der Waals surface area contributed by atoms with Gasteiger partial charge >= 0.3 is 0 Å². The molecule has 12 heteroatoms. The van der Waals surface area contributed by atoms with Crippen LogP contribution in [0.3, 0.4) is 0 Å². The van der Waals surface area contributed by atoms with Gasteiger partial charge in [0.25, 0.3) is 0 Å². The first-order chi connectivity index (χ1) is 6.77. The van der Waals surface area contributed by atoms with Crippen LogP contribution >= 0.6 is 45.1 Å². The number of tetrazole rings is 2. The van der Waals surface area contributed by atoms with Crippen LogP contribution in [0.15, 0.2) is 10.3 Å². The third kappa shape index (κ3) is 2.08. The van der Waals surface area contributed by atoms with Gasteiger partial charge in [0.15, 0.2) is 0 Å². The predicted octanol–water partition coefficient (Wildman–Crippen LogP) is 0.463. The molecule has 0 saturated heterocycles. The third-order valence-corrected chi connectivity index (χ3v) is 3.69. The third-order valence-electron chi connectivity index (χ3n) is 1.00. The molecule has 14 heavy (non-hydrogen) atoms. The highest BCUT2D eigenvalue weighted by Crippen LogP contribution is 2.34. The molecule has 0 aliphatic carbocycles. The molecule has 0 bridgehead atoms. The van der Waals surface area contributed by atoms with Gasteiger partial charge in [-0.25, -0.2) is 0 Å². The monoisotopic (exact) mass is 270 g/mol. The molecular weight excluding hydrogens is 271 g/mol. The SMILES string of the molecule is Cln1nnnc1SSc1nnnn1Cl. The van der Waals surface area contributed by atoms with E-state index in [4.69, 9.17) is 23.6 Å². The van der Waals surface area contributed by atoms with Crippen LogP contribution in [0.2, 0.25) is 0 Å². The van der Waals surface area contributed by atoms with Crippen molar-refractivity contribution < 1.29 is 0 Å². The van der Waals surface area contributed by atoms with Crippen molar-refractivity contribution in [1.29, 1.82) is 0 Å². The highest BCUT2D eigenvalue weighted by atomic mass is 35.5. The average molecular weight is 271 g/mol. The maximum atomic E-state index is 5.57. The Balaban J connectivity index is 2.02. The molecule has 74 valence electrons. The molecule has 0 N–H and O–H groups in total. The first-order valence-corrected chi connectivity index (χ1v) is 5.83. The van der Waals surface area contributed by atoms with E-state index in [1.54, 1.807) is 0 Å². The van der Waals surface area contributed by atoms with Crippen molar-refractivity contribution in [3.8, 4) is 0 Å². The number of halogens is 2. The lowest BCUT2D eigenvalue weighted by molar-refractivity contribution is 0.834. The van der Waals surface area contributed by atoms with E-state index in [0.29, 0.717) is 10.3 Å². The summed E-state index contributed by atoms with van der Waals surface area (Å²) in [6, 6.07) is 0. The van der Waals surface area contributed by atoms with Crippen molar-refractivity contribution in [3.63, 3.8) is 0 Å².